The van der Waals surface area contributed by atoms with Crippen LogP contribution in [0.25, 0.3) is 10.9 Å². The standard InChI is InChI=1S/C60H68F2N8O10/c1-60(61,62)40-15-18-45-38(30-40)31-48(64-45)54(75)66-47-19-17-42(71)33-41-16-21-50(70(41)59(47)80)56(77)65-46(20-23-52(63)73)51(72)32-39(29-36-10-5-2-6-11-36)57(78)68-27-25-35(26-28-68)9-4-3-7-12-37-13-8-14-43-44(37)34-69(58(43)79)49-22-24-53(74)67-55(49)76/h2,5-6,8,10-11,13-15,18,30-31,35,39,41-42,46-47,49-50,64,71H,3-4,9,16-17,19-29,32-34H2,1H3,(H2,63,73)(H,65,77)(H,66,75)(H,67,74,76)/t39-,41-,42-,46+,47+,49?,50+/m1/s1. The number of nitrogens with one attached hydrogen (secondary N) is 4. The first-order valence-corrected chi connectivity index (χ1v) is 27.8. The third-order valence-corrected chi connectivity index (χ3v) is 16.5. The highest BCUT2D eigenvalue weighted by molar-refractivity contribution is 6.06. The van der Waals surface area contributed by atoms with Crippen LogP contribution in [0, 0.1) is 23.7 Å². The zero-order valence-corrected chi connectivity index (χ0v) is 44.8. The fourth-order valence-electron chi connectivity index (χ4n) is 12.1. The van der Waals surface area contributed by atoms with Gasteiger partial charge in [0, 0.05) is 91.8 Å². The van der Waals surface area contributed by atoms with Crippen molar-refractivity contribution in [3.63, 3.8) is 0 Å². The number of unbranched alkanes of at least 4 members (excludes halogenated alkanes) is 1. The van der Waals surface area contributed by atoms with Crippen molar-refractivity contribution in [2.45, 2.75) is 158 Å². The molecule has 7 atom stereocenters. The fraction of sp³-hybridized carbons (Fsp3) is 0.483. The predicted octanol–water partition coefficient (Wildman–Crippen LogP) is 5.07. The Bertz CT molecular complexity index is 3120. The Kier molecular flexibility index (Phi) is 17.6. The Morgan fingerprint density at radius 1 is 0.912 bits per heavy atom. The number of imide groups is 1. The van der Waals surface area contributed by atoms with E-state index in [1.165, 1.54) is 34.1 Å². The lowest BCUT2D eigenvalue weighted by Crippen LogP contribution is -2.58. The second kappa shape index (κ2) is 24.7. The minimum absolute atomic E-state index is 0.0245. The molecule has 18 nitrogen and oxygen atoms in total. The summed E-state index contributed by atoms with van der Waals surface area (Å²) in [6.07, 6.45) is 3.93. The number of ketones is 1. The van der Waals surface area contributed by atoms with Crippen LogP contribution >= 0.6 is 0 Å². The average molecular weight is 1100 g/mol. The highest BCUT2D eigenvalue weighted by atomic mass is 19.3. The van der Waals surface area contributed by atoms with Gasteiger partial charge in [0.1, 0.15) is 23.8 Å². The van der Waals surface area contributed by atoms with Gasteiger partial charge in [-0.1, -0.05) is 54.3 Å². The monoisotopic (exact) mass is 1100 g/mol. The van der Waals surface area contributed by atoms with E-state index in [1.54, 1.807) is 17.0 Å². The first-order chi connectivity index (χ1) is 38.3. The van der Waals surface area contributed by atoms with Crippen molar-refractivity contribution in [3.05, 3.63) is 106 Å². The molecule has 9 rings (SSSR count). The van der Waals surface area contributed by atoms with Crippen LogP contribution in [-0.2, 0) is 52.4 Å². The van der Waals surface area contributed by atoms with Crippen LogP contribution < -0.4 is 21.7 Å². The van der Waals surface area contributed by atoms with Gasteiger partial charge in [-0.2, -0.15) is 0 Å². The van der Waals surface area contributed by atoms with E-state index in [2.05, 4.69) is 32.8 Å². The molecule has 1 aromatic heterocycles. The highest BCUT2D eigenvalue weighted by Crippen LogP contribution is 2.35. The van der Waals surface area contributed by atoms with E-state index in [-0.39, 0.29) is 99.7 Å². The molecule has 5 aliphatic rings. The second-order valence-corrected chi connectivity index (χ2v) is 22.2. The zero-order valence-electron chi connectivity index (χ0n) is 44.8. The number of Topliss-reactive ketones (excluding diaryl/α,β-unsaturated/α-hetero) is 1. The number of hydrogen-bond donors (Lipinski definition) is 6. The summed E-state index contributed by atoms with van der Waals surface area (Å²) in [6.45, 7) is 1.98. The topological polar surface area (TPSA) is 261 Å². The number of H-pyrrole nitrogens is 1. The SMILES string of the molecule is CC(F)(F)c1ccc2[nH]c(C(=O)N[C@H]3CC[C@@H](O)C[C@H]4CC[C@@H](C(=O)N[C@@H](CCC(N)=O)C(=O)C[C@@H](Cc5ccccc5)C(=O)N5CCC(CCCC#Cc6cccc7c6CN(C6CCC(=O)NC6=O)C7=O)CC5)N4C3=O)cc2c1. The smallest absolute Gasteiger partial charge is 0.270 e. The summed E-state index contributed by atoms with van der Waals surface area (Å²) in [4.78, 5) is 129. The Hall–Kier alpha value is -7.79. The van der Waals surface area contributed by atoms with Crippen molar-refractivity contribution in [3.8, 4) is 11.8 Å². The molecule has 7 N–H and O–H groups in total. The summed E-state index contributed by atoms with van der Waals surface area (Å²) in [5.74, 6) is -1.44. The number of benzene rings is 3. The normalized spacial score (nSPS) is 22.3. The molecule has 4 aromatic rings. The number of amides is 8. The Labute approximate surface area is 462 Å². The van der Waals surface area contributed by atoms with Gasteiger partial charge in [0.15, 0.2) is 5.78 Å². The number of nitrogens with two attached hydrogens (primary N) is 1. The molecule has 1 unspecified atom stereocenters. The fourth-order valence-corrected chi connectivity index (χ4v) is 12.1. The number of likely N-dealkylation sites (tertiary alicyclic amines) is 1. The number of fused-ring (bicyclic) bond motifs is 3. The summed E-state index contributed by atoms with van der Waals surface area (Å²) in [5, 5.41) is 19.3. The number of piperidine rings is 2. The molecule has 422 valence electrons. The molecule has 20 heteroatoms. The number of aromatic nitrogens is 1. The molecular formula is C60H68F2N8O10. The van der Waals surface area contributed by atoms with Gasteiger partial charge in [0.25, 0.3) is 17.7 Å². The number of aliphatic hydroxyl groups is 1. The van der Waals surface area contributed by atoms with Crippen molar-refractivity contribution in [2.75, 3.05) is 13.1 Å². The molecular weight excluding hydrogens is 1030 g/mol. The van der Waals surface area contributed by atoms with E-state index < -0.39 is 83.5 Å². The second-order valence-electron chi connectivity index (χ2n) is 22.2. The van der Waals surface area contributed by atoms with Crippen LogP contribution in [0.2, 0.25) is 0 Å². The van der Waals surface area contributed by atoms with E-state index in [9.17, 15) is 57.0 Å². The summed E-state index contributed by atoms with van der Waals surface area (Å²) in [5.41, 5.74) is 8.63. The lowest BCUT2D eigenvalue weighted by atomic mass is 9.87. The van der Waals surface area contributed by atoms with Crippen molar-refractivity contribution in [2.24, 2.45) is 17.6 Å². The number of primary amides is 1. The van der Waals surface area contributed by atoms with Crippen LogP contribution in [0.15, 0.2) is 72.8 Å². The number of rotatable bonds is 18. The van der Waals surface area contributed by atoms with Gasteiger partial charge >= 0.3 is 0 Å². The molecule has 8 amide bonds. The molecule has 3 aromatic carbocycles. The van der Waals surface area contributed by atoms with E-state index in [0.717, 1.165) is 49.3 Å². The Morgan fingerprint density at radius 2 is 1.69 bits per heavy atom. The van der Waals surface area contributed by atoms with Crippen LogP contribution in [-0.4, -0.2) is 127 Å². The number of hydrogen-bond acceptors (Lipinski definition) is 10. The van der Waals surface area contributed by atoms with Gasteiger partial charge in [0.2, 0.25) is 35.4 Å². The number of carbonyl (C=O) groups excluding carboxylic acids is 9. The number of alkyl halides is 2. The maximum Gasteiger partial charge on any atom is 0.270 e. The Morgan fingerprint density at radius 3 is 2.42 bits per heavy atom. The molecule has 0 saturated carbocycles. The summed E-state index contributed by atoms with van der Waals surface area (Å²) in [6, 6.07) is 15.3. The number of halogens is 2. The third-order valence-electron chi connectivity index (χ3n) is 16.5. The highest BCUT2D eigenvalue weighted by Gasteiger charge is 2.46. The van der Waals surface area contributed by atoms with Crippen molar-refractivity contribution in [1.82, 2.24) is 35.6 Å². The van der Waals surface area contributed by atoms with E-state index in [1.807, 2.05) is 36.4 Å². The first-order valence-electron chi connectivity index (χ1n) is 27.8. The molecule has 80 heavy (non-hydrogen) atoms. The van der Waals surface area contributed by atoms with Gasteiger partial charge in [-0.3, -0.25) is 48.5 Å². The predicted molar refractivity (Wildman–Crippen MR) is 289 cm³/mol. The van der Waals surface area contributed by atoms with Crippen LogP contribution in [0.5, 0.6) is 0 Å². The van der Waals surface area contributed by atoms with E-state index in [0.29, 0.717) is 48.3 Å². The van der Waals surface area contributed by atoms with Crippen LogP contribution in [0.1, 0.15) is 146 Å². The van der Waals surface area contributed by atoms with Crippen molar-refractivity contribution < 1.29 is 57.0 Å². The molecule has 4 fully saturated rings. The molecule has 0 spiro atoms. The minimum atomic E-state index is -3.11. The molecule has 0 aliphatic carbocycles. The number of carbonyl (C=O) groups is 9. The van der Waals surface area contributed by atoms with Crippen molar-refractivity contribution in [1.29, 1.82) is 0 Å². The number of nitrogens with zero attached hydrogens (tertiary/aromatic N) is 3. The molecule has 4 saturated heterocycles. The quantitative estimate of drug-likeness (QED) is 0.0438. The van der Waals surface area contributed by atoms with Crippen LogP contribution in [0.4, 0.5) is 8.78 Å². The zero-order chi connectivity index (χ0) is 56.8. The molecule has 5 aliphatic heterocycles. The van der Waals surface area contributed by atoms with Gasteiger partial charge in [-0.25, -0.2) is 8.78 Å². The summed E-state index contributed by atoms with van der Waals surface area (Å²) < 4.78 is 28.2. The summed E-state index contributed by atoms with van der Waals surface area (Å²) in [7, 11) is 0. The number of aromatic amines is 1. The minimum Gasteiger partial charge on any atom is -0.393 e. The van der Waals surface area contributed by atoms with Gasteiger partial charge in [0.05, 0.1) is 12.1 Å². The van der Waals surface area contributed by atoms with Crippen molar-refractivity contribution >= 4 is 63.9 Å². The molecule has 0 bridgehead atoms. The Balaban J connectivity index is 0.815. The lowest BCUT2D eigenvalue weighted by molar-refractivity contribution is -0.144. The lowest BCUT2D eigenvalue weighted by Gasteiger charge is -2.37. The van der Waals surface area contributed by atoms with Gasteiger partial charge < -0.3 is 41.2 Å². The van der Waals surface area contributed by atoms with E-state index in [4.69, 9.17) is 5.73 Å². The largest absolute Gasteiger partial charge is 0.393 e. The average Bonchev–Trinajstić information content (AvgIpc) is 4.15. The molecule has 0 radical (unpaired) electrons. The number of aliphatic hydroxyl groups excluding tert-OH is 1. The maximum absolute atomic E-state index is 14.5. The molecule has 6 heterocycles. The van der Waals surface area contributed by atoms with Gasteiger partial charge in [-0.15, -0.1) is 0 Å². The third kappa shape index (κ3) is 13.3. The van der Waals surface area contributed by atoms with E-state index >= 15 is 0 Å². The maximum atomic E-state index is 14.5. The van der Waals surface area contributed by atoms with Crippen LogP contribution in [0.3, 0.4) is 0 Å². The van der Waals surface area contributed by atoms with Gasteiger partial charge in [-0.05, 0) is 124 Å². The summed E-state index contributed by atoms with van der Waals surface area (Å²) >= 11 is 0. The first kappa shape index (κ1) is 56.9.